The molecule has 1 aliphatic rings. The van der Waals surface area contributed by atoms with Gasteiger partial charge in [0.15, 0.2) is 0 Å². The van der Waals surface area contributed by atoms with Crippen molar-refractivity contribution in [2.24, 2.45) is 5.41 Å². The number of nitrogens with one attached hydrogen (secondary N) is 1. The van der Waals surface area contributed by atoms with Crippen LogP contribution < -0.4 is 5.32 Å². The Balaban J connectivity index is 2.21. The van der Waals surface area contributed by atoms with E-state index in [1.54, 1.807) is 0 Å². The highest BCUT2D eigenvalue weighted by Gasteiger charge is 2.39. The zero-order valence-corrected chi connectivity index (χ0v) is 14.7. The summed E-state index contributed by atoms with van der Waals surface area (Å²) in [5.41, 5.74) is 3.33. The lowest BCUT2D eigenvalue weighted by Crippen LogP contribution is -2.65. The zero-order chi connectivity index (χ0) is 15.7. The molecule has 0 bridgehead atoms. The minimum atomic E-state index is 0.242. The quantitative estimate of drug-likeness (QED) is 0.905. The lowest BCUT2D eigenvalue weighted by atomic mass is 9.81. The number of piperazine rings is 1. The topological polar surface area (TPSA) is 15.3 Å². The van der Waals surface area contributed by atoms with Crippen LogP contribution in [0, 0.1) is 12.3 Å². The van der Waals surface area contributed by atoms with Crippen molar-refractivity contribution >= 4 is 0 Å². The Labute approximate surface area is 130 Å². The van der Waals surface area contributed by atoms with Gasteiger partial charge in [0.25, 0.3) is 0 Å². The van der Waals surface area contributed by atoms with Crippen LogP contribution in [0.1, 0.15) is 52.2 Å². The lowest BCUT2D eigenvalue weighted by Gasteiger charge is -2.50. The van der Waals surface area contributed by atoms with Crippen molar-refractivity contribution in [1.82, 2.24) is 10.2 Å². The van der Waals surface area contributed by atoms with E-state index < -0.39 is 0 Å². The van der Waals surface area contributed by atoms with Crippen molar-refractivity contribution in [2.45, 2.75) is 66.1 Å². The van der Waals surface area contributed by atoms with E-state index >= 15 is 0 Å². The molecule has 0 aliphatic carbocycles. The van der Waals surface area contributed by atoms with E-state index in [9.17, 15) is 0 Å². The molecule has 1 aromatic rings. The number of hydrogen-bond donors (Lipinski definition) is 1. The van der Waals surface area contributed by atoms with Gasteiger partial charge in [0.2, 0.25) is 0 Å². The van der Waals surface area contributed by atoms with Crippen LogP contribution >= 0.6 is 0 Å². The number of hydrogen-bond acceptors (Lipinski definition) is 2. The first kappa shape index (κ1) is 16.5. The van der Waals surface area contributed by atoms with E-state index in [-0.39, 0.29) is 5.54 Å². The van der Waals surface area contributed by atoms with Gasteiger partial charge in [-0.2, -0.15) is 0 Å². The molecule has 1 aliphatic heterocycles. The lowest BCUT2D eigenvalue weighted by molar-refractivity contribution is 0.0204. The fourth-order valence-corrected chi connectivity index (χ4v) is 3.39. The summed E-state index contributed by atoms with van der Waals surface area (Å²) in [6.07, 6.45) is 1.17. The molecular weight excluding hydrogens is 256 g/mol. The Bertz CT molecular complexity index is 475. The molecule has 21 heavy (non-hydrogen) atoms. The Kier molecular flexibility index (Phi) is 4.79. The molecule has 2 unspecified atom stereocenters. The van der Waals surface area contributed by atoms with E-state index in [1.807, 2.05) is 0 Å². The van der Waals surface area contributed by atoms with Crippen LogP contribution in [-0.2, 0) is 6.54 Å². The standard InChI is InChI=1S/C19H32N2/c1-7-19(6)14-21(17(12-20-19)18(3,4)5)13-16-10-8-9-15(2)11-16/h8-11,17,20H,7,12-14H2,1-6H3. The van der Waals surface area contributed by atoms with Crippen LogP contribution in [0.25, 0.3) is 0 Å². The summed E-state index contributed by atoms with van der Waals surface area (Å²) in [7, 11) is 0. The fraction of sp³-hybridized carbons (Fsp3) is 0.684. The van der Waals surface area contributed by atoms with Crippen molar-refractivity contribution in [3.63, 3.8) is 0 Å². The first-order valence-electron chi connectivity index (χ1n) is 8.28. The van der Waals surface area contributed by atoms with Gasteiger partial charge in [0, 0.05) is 31.2 Å². The van der Waals surface area contributed by atoms with Gasteiger partial charge in [-0.25, -0.2) is 0 Å². The third kappa shape index (κ3) is 4.08. The SMILES string of the molecule is CCC1(C)CN(Cc2cccc(C)c2)C(C(C)(C)C)CN1. The maximum Gasteiger partial charge on any atom is 0.0278 e. The number of nitrogens with zero attached hydrogens (tertiary/aromatic N) is 1. The Morgan fingerprint density at radius 2 is 2.05 bits per heavy atom. The van der Waals surface area contributed by atoms with Gasteiger partial charge >= 0.3 is 0 Å². The molecule has 1 saturated heterocycles. The van der Waals surface area contributed by atoms with Crippen molar-refractivity contribution < 1.29 is 0 Å². The molecule has 2 rings (SSSR count). The predicted molar refractivity (Wildman–Crippen MR) is 91.5 cm³/mol. The molecule has 1 fully saturated rings. The summed E-state index contributed by atoms with van der Waals surface area (Å²) in [5.74, 6) is 0. The molecule has 2 heteroatoms. The van der Waals surface area contributed by atoms with Crippen LogP contribution in [0.2, 0.25) is 0 Å². The third-order valence-electron chi connectivity index (χ3n) is 4.96. The summed E-state index contributed by atoms with van der Waals surface area (Å²) in [5, 5.41) is 3.79. The van der Waals surface area contributed by atoms with Crippen molar-refractivity contribution in [3.8, 4) is 0 Å². The number of rotatable bonds is 3. The molecule has 0 aromatic heterocycles. The molecule has 1 N–H and O–H groups in total. The molecule has 0 radical (unpaired) electrons. The van der Waals surface area contributed by atoms with E-state index in [4.69, 9.17) is 0 Å². The Hall–Kier alpha value is -0.860. The average Bonchev–Trinajstić information content (AvgIpc) is 2.37. The second-order valence-corrected chi connectivity index (χ2v) is 8.07. The average molecular weight is 288 g/mol. The van der Waals surface area contributed by atoms with E-state index in [1.165, 1.54) is 17.5 Å². The molecule has 2 nitrogen and oxygen atoms in total. The maximum atomic E-state index is 3.79. The van der Waals surface area contributed by atoms with E-state index in [2.05, 4.69) is 76.0 Å². The molecular formula is C19H32N2. The highest BCUT2D eigenvalue weighted by Crippen LogP contribution is 2.31. The van der Waals surface area contributed by atoms with Gasteiger partial charge in [0.05, 0.1) is 0 Å². The summed E-state index contributed by atoms with van der Waals surface area (Å²) in [6.45, 7) is 17.2. The molecule has 0 saturated carbocycles. The fourth-order valence-electron chi connectivity index (χ4n) is 3.39. The van der Waals surface area contributed by atoms with Gasteiger partial charge in [-0.05, 0) is 31.2 Å². The highest BCUT2D eigenvalue weighted by atomic mass is 15.3. The van der Waals surface area contributed by atoms with Gasteiger partial charge in [-0.15, -0.1) is 0 Å². The second kappa shape index (κ2) is 6.10. The maximum absolute atomic E-state index is 3.79. The Morgan fingerprint density at radius 1 is 1.33 bits per heavy atom. The predicted octanol–water partition coefficient (Wildman–Crippen LogP) is 3.98. The number of aryl methyl sites for hydroxylation is 1. The summed E-state index contributed by atoms with van der Waals surface area (Å²) in [4.78, 5) is 2.69. The van der Waals surface area contributed by atoms with Gasteiger partial charge < -0.3 is 5.32 Å². The second-order valence-electron chi connectivity index (χ2n) is 8.07. The zero-order valence-electron chi connectivity index (χ0n) is 14.7. The van der Waals surface area contributed by atoms with Gasteiger partial charge in [-0.3, -0.25) is 4.90 Å². The largest absolute Gasteiger partial charge is 0.309 e. The summed E-state index contributed by atoms with van der Waals surface area (Å²) in [6, 6.07) is 9.53. The third-order valence-corrected chi connectivity index (χ3v) is 4.96. The molecule has 118 valence electrons. The molecule has 0 amide bonds. The minimum absolute atomic E-state index is 0.242. The van der Waals surface area contributed by atoms with Gasteiger partial charge in [0.1, 0.15) is 0 Å². The van der Waals surface area contributed by atoms with Crippen LogP contribution in [0.3, 0.4) is 0 Å². The van der Waals surface area contributed by atoms with Crippen LogP contribution in [0.5, 0.6) is 0 Å². The van der Waals surface area contributed by atoms with E-state index in [0.29, 0.717) is 11.5 Å². The highest BCUT2D eigenvalue weighted by molar-refractivity contribution is 5.22. The Morgan fingerprint density at radius 3 is 2.62 bits per heavy atom. The minimum Gasteiger partial charge on any atom is -0.309 e. The summed E-state index contributed by atoms with van der Waals surface area (Å²) >= 11 is 0. The van der Waals surface area contributed by atoms with Crippen molar-refractivity contribution in [2.75, 3.05) is 13.1 Å². The monoisotopic (exact) mass is 288 g/mol. The van der Waals surface area contributed by atoms with E-state index in [0.717, 1.165) is 19.6 Å². The van der Waals surface area contributed by atoms with Crippen molar-refractivity contribution in [3.05, 3.63) is 35.4 Å². The van der Waals surface area contributed by atoms with Crippen LogP contribution in [0.15, 0.2) is 24.3 Å². The van der Waals surface area contributed by atoms with Crippen molar-refractivity contribution in [1.29, 1.82) is 0 Å². The molecule has 2 atom stereocenters. The molecule has 1 aromatic carbocycles. The molecule has 0 spiro atoms. The smallest absolute Gasteiger partial charge is 0.0278 e. The normalized spacial score (nSPS) is 27.8. The first-order chi connectivity index (χ1) is 9.73. The van der Waals surface area contributed by atoms with Crippen LogP contribution in [0.4, 0.5) is 0 Å². The summed E-state index contributed by atoms with van der Waals surface area (Å²) < 4.78 is 0. The molecule has 1 heterocycles. The van der Waals surface area contributed by atoms with Crippen LogP contribution in [-0.4, -0.2) is 29.6 Å². The first-order valence-corrected chi connectivity index (χ1v) is 8.28. The number of benzene rings is 1. The van der Waals surface area contributed by atoms with Gasteiger partial charge in [-0.1, -0.05) is 57.5 Å².